The highest BCUT2D eigenvalue weighted by atomic mass is 31.2. The molecule has 0 rings (SSSR count). The van der Waals surface area contributed by atoms with E-state index in [1.54, 1.807) is 0 Å². The van der Waals surface area contributed by atoms with Gasteiger partial charge in [0, 0.05) is 13.0 Å². The van der Waals surface area contributed by atoms with Crippen LogP contribution < -0.4 is 4.89 Å². The molecule has 0 N–H and O–H groups in total. The Balaban J connectivity index is 4.10. The molecule has 0 aromatic carbocycles. The van der Waals surface area contributed by atoms with Crippen LogP contribution >= 0.6 is 7.82 Å². The summed E-state index contributed by atoms with van der Waals surface area (Å²) in [6.07, 6.45) is 73.3. The Bertz CT molecular complexity index is 1410. The molecule has 2 unspecified atom stereocenters. The zero-order chi connectivity index (χ0) is 51.9. The minimum atomic E-state index is -4.54. The third-order valence-electron chi connectivity index (χ3n) is 12.4. The first kappa shape index (κ1) is 68.7. The van der Waals surface area contributed by atoms with Gasteiger partial charge in [-0.3, -0.25) is 9.36 Å². The lowest BCUT2D eigenvalue weighted by Gasteiger charge is -2.28. The number of esters is 1. The van der Waals surface area contributed by atoms with Gasteiger partial charge in [-0.15, -0.1) is 0 Å². The SMILES string of the molecule is CC/C=C\C/C=C\C/C=C\C/C=C\C/C=C\CCCCCCCCCCCC(=O)OC(COCCCCCCCCCCCCCC/C=C\C/C=C\CCCCCCC)COP(=O)([O-])OCC[N+](C)(C)C. The first-order valence-corrected chi connectivity index (χ1v) is 30.8. The number of ether oxygens (including phenoxy) is 2. The fourth-order valence-electron chi connectivity index (χ4n) is 7.96. The van der Waals surface area contributed by atoms with Crippen LogP contribution in [0.1, 0.15) is 245 Å². The molecule has 2 atom stereocenters. The van der Waals surface area contributed by atoms with E-state index in [1.165, 1.54) is 148 Å². The van der Waals surface area contributed by atoms with Crippen molar-refractivity contribution >= 4 is 13.8 Å². The molecule has 0 aliphatic heterocycles. The van der Waals surface area contributed by atoms with Gasteiger partial charge in [-0.2, -0.15) is 0 Å². The van der Waals surface area contributed by atoms with Crippen LogP contribution in [0.4, 0.5) is 0 Å². The highest BCUT2D eigenvalue weighted by Gasteiger charge is 2.20. The van der Waals surface area contributed by atoms with Crippen LogP contribution in [0.25, 0.3) is 0 Å². The molecule has 0 aromatic heterocycles. The summed E-state index contributed by atoms with van der Waals surface area (Å²) in [4.78, 5) is 25.3. The molecule has 0 aliphatic rings. The van der Waals surface area contributed by atoms with Crippen LogP contribution in [-0.4, -0.2) is 70.7 Å². The summed E-state index contributed by atoms with van der Waals surface area (Å²) in [5.41, 5.74) is 0. The zero-order valence-corrected chi connectivity index (χ0v) is 47.8. The van der Waals surface area contributed by atoms with E-state index in [0.717, 1.165) is 77.0 Å². The van der Waals surface area contributed by atoms with Gasteiger partial charge in [0.05, 0.1) is 34.4 Å². The molecule has 0 saturated carbocycles. The number of unbranched alkanes of at least 4 members (excludes halogenated alkanes) is 26. The van der Waals surface area contributed by atoms with E-state index in [2.05, 4.69) is 98.9 Å². The predicted molar refractivity (Wildman–Crippen MR) is 305 cm³/mol. The van der Waals surface area contributed by atoms with Gasteiger partial charge < -0.3 is 27.9 Å². The number of hydrogen-bond donors (Lipinski definition) is 0. The van der Waals surface area contributed by atoms with Gasteiger partial charge >= 0.3 is 5.97 Å². The normalized spacial score (nSPS) is 14.1. The van der Waals surface area contributed by atoms with E-state index in [1.807, 2.05) is 21.1 Å². The topological polar surface area (TPSA) is 94.1 Å². The number of allylic oxidation sites excluding steroid dienone is 14. The Kier molecular flexibility index (Phi) is 52.2. The second-order valence-electron chi connectivity index (χ2n) is 20.6. The number of quaternary nitrogens is 1. The van der Waals surface area contributed by atoms with Crippen molar-refractivity contribution < 1.29 is 37.3 Å². The second kappa shape index (κ2) is 54.0. The first-order chi connectivity index (χ1) is 34.6. The molecular formula is C62H112NO7P. The van der Waals surface area contributed by atoms with Crippen molar-refractivity contribution in [3.63, 3.8) is 0 Å². The highest BCUT2D eigenvalue weighted by Crippen LogP contribution is 2.38. The molecule has 9 heteroatoms. The molecule has 0 radical (unpaired) electrons. The molecule has 0 aromatic rings. The minimum absolute atomic E-state index is 0.0212. The summed E-state index contributed by atoms with van der Waals surface area (Å²) in [7, 11) is 1.35. The Morgan fingerprint density at radius 1 is 0.451 bits per heavy atom. The number of rotatable bonds is 54. The molecule has 0 bridgehead atoms. The average Bonchev–Trinajstić information content (AvgIpc) is 3.33. The number of carbonyl (C=O) groups excluding carboxylic acids is 1. The van der Waals surface area contributed by atoms with Crippen molar-refractivity contribution in [1.29, 1.82) is 0 Å². The lowest BCUT2D eigenvalue weighted by molar-refractivity contribution is -0.870. The van der Waals surface area contributed by atoms with Gasteiger partial charge in [-0.05, 0) is 89.9 Å². The monoisotopic (exact) mass is 1010 g/mol. The van der Waals surface area contributed by atoms with Gasteiger partial charge in [0.15, 0.2) is 0 Å². The van der Waals surface area contributed by atoms with Crippen LogP contribution in [0.3, 0.4) is 0 Å². The van der Waals surface area contributed by atoms with Crippen LogP contribution in [0.5, 0.6) is 0 Å². The molecule has 0 heterocycles. The van der Waals surface area contributed by atoms with Gasteiger partial charge in [-0.25, -0.2) is 0 Å². The van der Waals surface area contributed by atoms with Crippen LogP contribution in [0, 0.1) is 0 Å². The van der Waals surface area contributed by atoms with Gasteiger partial charge in [0.25, 0.3) is 7.82 Å². The summed E-state index contributed by atoms with van der Waals surface area (Å²) in [5.74, 6) is -0.341. The summed E-state index contributed by atoms with van der Waals surface area (Å²) in [5, 5.41) is 0. The molecule has 71 heavy (non-hydrogen) atoms. The van der Waals surface area contributed by atoms with Crippen molar-refractivity contribution in [3.8, 4) is 0 Å². The van der Waals surface area contributed by atoms with Crippen molar-refractivity contribution in [1.82, 2.24) is 0 Å². The quantitative estimate of drug-likeness (QED) is 0.0197. The van der Waals surface area contributed by atoms with E-state index in [4.69, 9.17) is 18.5 Å². The molecule has 0 fully saturated rings. The predicted octanol–water partition coefficient (Wildman–Crippen LogP) is 18.1. The van der Waals surface area contributed by atoms with Crippen molar-refractivity contribution in [3.05, 3.63) is 85.1 Å². The van der Waals surface area contributed by atoms with Gasteiger partial charge in [0.1, 0.15) is 19.3 Å². The maximum absolute atomic E-state index is 12.8. The molecule has 0 saturated heterocycles. The second-order valence-corrected chi connectivity index (χ2v) is 22.0. The van der Waals surface area contributed by atoms with E-state index < -0.39 is 13.9 Å². The highest BCUT2D eigenvalue weighted by molar-refractivity contribution is 7.45. The standard InChI is InChI=1S/C62H112NO7P/c1-6-8-10-12-14-16-18-20-22-24-26-28-30-32-33-35-37-39-41-43-45-47-49-51-53-55-62(64)70-61(60-69-71(65,66)68-58-56-63(3,4)5)59-67-57-54-52-50-48-46-44-42-40-38-36-34-31-29-27-25-23-21-19-17-15-13-11-9-7-2/h8,10,14,16,19-22,25-28,32-33,61H,6-7,9,11-13,15,17-18,23-24,29-31,34-60H2,1-5H3/b10-8-,16-14-,21-19-,22-20-,27-25-,28-26-,33-32-. The van der Waals surface area contributed by atoms with Crippen molar-refractivity contribution in [2.45, 2.75) is 251 Å². The fourth-order valence-corrected chi connectivity index (χ4v) is 8.69. The third kappa shape index (κ3) is 58.4. The molecule has 0 aliphatic carbocycles. The summed E-state index contributed by atoms with van der Waals surface area (Å²) in [6, 6.07) is 0. The Labute approximate surface area is 439 Å². The van der Waals surface area contributed by atoms with Gasteiger partial charge in [-0.1, -0.05) is 234 Å². The zero-order valence-electron chi connectivity index (χ0n) is 46.9. The Hall–Kier alpha value is -2.32. The van der Waals surface area contributed by atoms with E-state index in [-0.39, 0.29) is 25.8 Å². The molecule has 412 valence electrons. The Morgan fingerprint density at radius 3 is 1.23 bits per heavy atom. The smallest absolute Gasteiger partial charge is 0.306 e. The molecule has 0 spiro atoms. The number of phosphoric acid groups is 1. The summed E-state index contributed by atoms with van der Waals surface area (Å²) >= 11 is 0. The minimum Gasteiger partial charge on any atom is -0.756 e. The van der Waals surface area contributed by atoms with Crippen molar-refractivity contribution in [2.75, 3.05) is 54.1 Å². The third-order valence-corrected chi connectivity index (χ3v) is 13.4. The van der Waals surface area contributed by atoms with E-state index in [9.17, 15) is 14.3 Å². The number of phosphoric ester groups is 1. The Morgan fingerprint density at radius 2 is 0.817 bits per heavy atom. The maximum Gasteiger partial charge on any atom is 0.306 e. The van der Waals surface area contributed by atoms with Crippen LogP contribution in [0.2, 0.25) is 0 Å². The summed E-state index contributed by atoms with van der Waals surface area (Å²) in [6.45, 7) is 5.30. The van der Waals surface area contributed by atoms with Crippen LogP contribution in [-0.2, 0) is 27.9 Å². The number of likely N-dealkylation sites (N-methyl/N-ethyl adjacent to an activating group) is 1. The number of nitrogens with zero attached hydrogens (tertiary/aromatic N) is 1. The maximum atomic E-state index is 12.8. The first-order valence-electron chi connectivity index (χ1n) is 29.3. The fraction of sp³-hybridized carbons (Fsp3) is 0.758. The average molecular weight is 1010 g/mol. The number of carbonyl (C=O) groups is 1. The summed E-state index contributed by atoms with van der Waals surface area (Å²) < 4.78 is 34.9. The van der Waals surface area contributed by atoms with E-state index in [0.29, 0.717) is 24.1 Å². The van der Waals surface area contributed by atoms with E-state index >= 15 is 0 Å². The largest absolute Gasteiger partial charge is 0.756 e. The van der Waals surface area contributed by atoms with Crippen LogP contribution in [0.15, 0.2) is 85.1 Å². The molecular weight excluding hydrogens is 902 g/mol. The van der Waals surface area contributed by atoms with Gasteiger partial charge in [0.2, 0.25) is 0 Å². The molecule has 8 nitrogen and oxygen atoms in total. The lowest BCUT2D eigenvalue weighted by Crippen LogP contribution is -2.37. The number of hydrogen-bond acceptors (Lipinski definition) is 7. The lowest BCUT2D eigenvalue weighted by atomic mass is 10.0. The van der Waals surface area contributed by atoms with Crippen molar-refractivity contribution in [2.24, 2.45) is 0 Å². The molecule has 0 amide bonds.